The van der Waals surface area contributed by atoms with Crippen molar-refractivity contribution < 1.29 is 4.74 Å². The highest BCUT2D eigenvalue weighted by Gasteiger charge is 2.12. The van der Waals surface area contributed by atoms with Crippen LogP contribution in [0, 0.1) is 13.8 Å². The first kappa shape index (κ1) is 21.4. The number of halogens is 1. The fourth-order valence-electron chi connectivity index (χ4n) is 3.27. The van der Waals surface area contributed by atoms with Crippen molar-refractivity contribution >= 4 is 27.3 Å². The second kappa shape index (κ2) is 10.5. The SMILES string of the molecule is COCC(Cc1ccc(C)cc1)Nc1ccc(Br)cc1NCc1ccc(C)cc1. The first-order valence-corrected chi connectivity index (χ1v) is 10.7. The molecular formula is C25H29BrN2O. The number of anilines is 2. The van der Waals surface area contributed by atoms with Gasteiger partial charge in [0, 0.05) is 18.1 Å². The van der Waals surface area contributed by atoms with Crippen LogP contribution in [0.3, 0.4) is 0 Å². The van der Waals surface area contributed by atoms with E-state index in [0.717, 1.165) is 28.8 Å². The van der Waals surface area contributed by atoms with Crippen molar-refractivity contribution in [1.29, 1.82) is 0 Å². The summed E-state index contributed by atoms with van der Waals surface area (Å²) in [5, 5.41) is 7.25. The summed E-state index contributed by atoms with van der Waals surface area (Å²) in [5.41, 5.74) is 7.27. The molecule has 0 aromatic heterocycles. The third-order valence-electron chi connectivity index (χ3n) is 4.92. The Kier molecular flexibility index (Phi) is 7.73. The molecule has 3 aromatic carbocycles. The Morgan fingerprint density at radius 2 is 1.45 bits per heavy atom. The van der Waals surface area contributed by atoms with E-state index in [1.54, 1.807) is 7.11 Å². The van der Waals surface area contributed by atoms with E-state index in [-0.39, 0.29) is 6.04 Å². The van der Waals surface area contributed by atoms with Gasteiger partial charge in [0.1, 0.15) is 0 Å². The van der Waals surface area contributed by atoms with Crippen LogP contribution in [0.15, 0.2) is 71.2 Å². The second-order valence-electron chi connectivity index (χ2n) is 7.52. The first-order chi connectivity index (χ1) is 14.0. The van der Waals surface area contributed by atoms with Gasteiger partial charge in [-0.05, 0) is 49.6 Å². The molecule has 29 heavy (non-hydrogen) atoms. The van der Waals surface area contributed by atoms with E-state index in [9.17, 15) is 0 Å². The summed E-state index contributed by atoms with van der Waals surface area (Å²) in [7, 11) is 1.75. The average Bonchev–Trinajstić information content (AvgIpc) is 2.71. The lowest BCUT2D eigenvalue weighted by Gasteiger charge is -2.22. The Balaban J connectivity index is 1.73. The molecule has 0 spiro atoms. The molecule has 0 radical (unpaired) electrons. The zero-order valence-corrected chi connectivity index (χ0v) is 18.9. The minimum absolute atomic E-state index is 0.184. The van der Waals surface area contributed by atoms with Crippen molar-refractivity contribution in [3.8, 4) is 0 Å². The van der Waals surface area contributed by atoms with Crippen LogP contribution < -0.4 is 10.6 Å². The number of nitrogens with one attached hydrogen (secondary N) is 2. The Bertz CT molecular complexity index is 907. The lowest BCUT2D eigenvalue weighted by Crippen LogP contribution is -2.28. The van der Waals surface area contributed by atoms with Gasteiger partial charge in [0.25, 0.3) is 0 Å². The Morgan fingerprint density at radius 1 is 0.828 bits per heavy atom. The predicted octanol–water partition coefficient (Wildman–Crippen LogP) is 6.35. The van der Waals surface area contributed by atoms with Gasteiger partial charge in [-0.15, -0.1) is 0 Å². The van der Waals surface area contributed by atoms with Crippen LogP contribution in [0.4, 0.5) is 11.4 Å². The van der Waals surface area contributed by atoms with E-state index in [1.807, 2.05) is 0 Å². The largest absolute Gasteiger partial charge is 0.383 e. The monoisotopic (exact) mass is 452 g/mol. The minimum atomic E-state index is 0.184. The highest BCUT2D eigenvalue weighted by Crippen LogP contribution is 2.28. The molecule has 1 unspecified atom stereocenters. The van der Waals surface area contributed by atoms with Crippen molar-refractivity contribution in [2.75, 3.05) is 24.4 Å². The molecule has 0 heterocycles. The van der Waals surface area contributed by atoms with Crippen LogP contribution >= 0.6 is 15.9 Å². The third-order valence-corrected chi connectivity index (χ3v) is 5.41. The molecule has 3 nitrogen and oxygen atoms in total. The van der Waals surface area contributed by atoms with Crippen LogP contribution in [-0.4, -0.2) is 19.8 Å². The van der Waals surface area contributed by atoms with Gasteiger partial charge in [0.15, 0.2) is 0 Å². The Morgan fingerprint density at radius 3 is 2.07 bits per heavy atom. The van der Waals surface area contributed by atoms with Crippen LogP contribution in [-0.2, 0) is 17.7 Å². The third kappa shape index (κ3) is 6.62. The highest BCUT2D eigenvalue weighted by molar-refractivity contribution is 9.10. The fraction of sp³-hybridized carbons (Fsp3) is 0.280. The van der Waals surface area contributed by atoms with Gasteiger partial charge in [-0.1, -0.05) is 75.6 Å². The predicted molar refractivity (Wildman–Crippen MR) is 127 cm³/mol. The zero-order chi connectivity index (χ0) is 20.6. The number of ether oxygens (including phenoxy) is 1. The first-order valence-electron chi connectivity index (χ1n) is 9.93. The van der Waals surface area contributed by atoms with Gasteiger partial charge in [0.05, 0.1) is 24.0 Å². The molecule has 1 atom stereocenters. The van der Waals surface area contributed by atoms with Gasteiger partial charge in [-0.2, -0.15) is 0 Å². The number of hydrogen-bond donors (Lipinski definition) is 2. The van der Waals surface area contributed by atoms with Crippen LogP contribution in [0.5, 0.6) is 0 Å². The zero-order valence-electron chi connectivity index (χ0n) is 17.3. The van der Waals surface area contributed by atoms with Gasteiger partial charge in [-0.25, -0.2) is 0 Å². The molecule has 0 saturated heterocycles. The summed E-state index contributed by atoms with van der Waals surface area (Å²) in [5.74, 6) is 0. The van der Waals surface area contributed by atoms with Crippen molar-refractivity contribution in [2.24, 2.45) is 0 Å². The molecule has 3 aromatic rings. The Hall–Kier alpha value is -2.30. The fourth-order valence-corrected chi connectivity index (χ4v) is 3.63. The minimum Gasteiger partial charge on any atom is -0.383 e. The molecule has 0 amide bonds. The van der Waals surface area contributed by atoms with Crippen molar-refractivity contribution in [1.82, 2.24) is 0 Å². The lowest BCUT2D eigenvalue weighted by atomic mass is 10.0. The van der Waals surface area contributed by atoms with E-state index in [2.05, 4.69) is 107 Å². The van der Waals surface area contributed by atoms with Crippen molar-refractivity contribution in [3.63, 3.8) is 0 Å². The molecule has 152 valence electrons. The van der Waals surface area contributed by atoms with Gasteiger partial charge >= 0.3 is 0 Å². The van der Waals surface area contributed by atoms with E-state index in [0.29, 0.717) is 6.61 Å². The molecule has 0 aliphatic carbocycles. The normalized spacial score (nSPS) is 11.9. The van der Waals surface area contributed by atoms with Crippen molar-refractivity contribution in [2.45, 2.75) is 32.9 Å². The summed E-state index contributed by atoms with van der Waals surface area (Å²) >= 11 is 3.60. The molecule has 4 heteroatoms. The van der Waals surface area contributed by atoms with Gasteiger partial charge in [0.2, 0.25) is 0 Å². The molecule has 0 fully saturated rings. The summed E-state index contributed by atoms with van der Waals surface area (Å²) in [4.78, 5) is 0. The van der Waals surface area contributed by atoms with Crippen LogP contribution in [0.1, 0.15) is 22.3 Å². The average molecular weight is 453 g/mol. The molecule has 0 bridgehead atoms. The highest BCUT2D eigenvalue weighted by atomic mass is 79.9. The number of rotatable bonds is 9. The molecule has 0 aliphatic rings. The standard InChI is InChI=1S/C25H29BrN2O/c1-18-4-8-20(9-5-18)14-23(17-29-3)28-24-13-12-22(26)15-25(24)27-16-21-10-6-19(2)7-11-21/h4-13,15,23,27-28H,14,16-17H2,1-3H3. The van der Waals surface area contributed by atoms with Crippen LogP contribution in [0.25, 0.3) is 0 Å². The maximum Gasteiger partial charge on any atom is 0.0667 e. The van der Waals surface area contributed by atoms with Gasteiger partial charge < -0.3 is 15.4 Å². The summed E-state index contributed by atoms with van der Waals surface area (Å²) in [6.07, 6.45) is 0.904. The maximum absolute atomic E-state index is 5.48. The molecular weight excluding hydrogens is 424 g/mol. The summed E-state index contributed by atoms with van der Waals surface area (Å²) < 4.78 is 6.54. The quantitative estimate of drug-likeness (QED) is 0.396. The molecule has 0 saturated carbocycles. The number of benzene rings is 3. The summed E-state index contributed by atoms with van der Waals surface area (Å²) in [6.45, 7) is 5.64. The van der Waals surface area contributed by atoms with E-state index >= 15 is 0 Å². The smallest absolute Gasteiger partial charge is 0.0667 e. The van der Waals surface area contributed by atoms with E-state index in [1.165, 1.54) is 22.3 Å². The van der Waals surface area contributed by atoms with E-state index < -0.39 is 0 Å². The Labute approximate surface area is 182 Å². The maximum atomic E-state index is 5.48. The molecule has 2 N–H and O–H groups in total. The van der Waals surface area contributed by atoms with Gasteiger partial charge in [-0.3, -0.25) is 0 Å². The van der Waals surface area contributed by atoms with Crippen LogP contribution in [0.2, 0.25) is 0 Å². The topological polar surface area (TPSA) is 33.3 Å². The summed E-state index contributed by atoms with van der Waals surface area (Å²) in [6, 6.07) is 23.8. The number of aryl methyl sites for hydroxylation is 2. The molecule has 0 aliphatic heterocycles. The van der Waals surface area contributed by atoms with Crippen molar-refractivity contribution in [3.05, 3.63) is 93.5 Å². The lowest BCUT2D eigenvalue weighted by molar-refractivity contribution is 0.185. The van der Waals surface area contributed by atoms with E-state index in [4.69, 9.17) is 4.74 Å². The second-order valence-corrected chi connectivity index (χ2v) is 8.43. The molecule has 3 rings (SSSR count). The number of hydrogen-bond acceptors (Lipinski definition) is 3. The number of methoxy groups -OCH3 is 1.